The van der Waals surface area contributed by atoms with Crippen molar-refractivity contribution in [3.05, 3.63) is 11.6 Å². The third-order valence-electron chi connectivity index (χ3n) is 7.78. The van der Waals surface area contributed by atoms with E-state index in [2.05, 4.69) is 13.0 Å². The van der Waals surface area contributed by atoms with Crippen molar-refractivity contribution in [2.75, 3.05) is 6.61 Å². The van der Waals surface area contributed by atoms with Gasteiger partial charge in [0.25, 0.3) is 0 Å². The summed E-state index contributed by atoms with van der Waals surface area (Å²) < 4.78 is 0. The predicted molar refractivity (Wildman–Crippen MR) is 82.7 cm³/mol. The number of carbonyl (C=O) groups excluding carboxylic acids is 1. The molecule has 4 aliphatic carbocycles. The first-order valence-electron chi connectivity index (χ1n) is 8.91. The van der Waals surface area contributed by atoms with E-state index in [0.29, 0.717) is 12.4 Å². The fraction of sp³-hybridized carbons (Fsp3) is 0.842. The Morgan fingerprint density at radius 2 is 2.10 bits per heavy atom. The number of fused-ring (bicyclic) bond motifs is 5. The number of aliphatic hydroxyl groups excluding tert-OH is 1. The second-order valence-electron chi connectivity index (χ2n) is 8.43. The Balaban J connectivity index is 1.69. The monoisotopic (exact) mass is 288 g/mol. The lowest BCUT2D eigenvalue weighted by Crippen LogP contribution is -2.50. The molecule has 3 fully saturated rings. The summed E-state index contributed by atoms with van der Waals surface area (Å²) in [5, 5.41) is 10.0. The van der Waals surface area contributed by atoms with Crippen LogP contribution in [0.5, 0.6) is 0 Å². The van der Waals surface area contributed by atoms with Crippen LogP contribution in [0.2, 0.25) is 0 Å². The first-order valence-corrected chi connectivity index (χ1v) is 8.91. The number of Topliss-reactive ketones (excluding diaryl/α,β-unsaturated/α-hetero) is 1. The molecule has 0 aliphatic heterocycles. The van der Waals surface area contributed by atoms with Gasteiger partial charge in [-0.15, -0.1) is 0 Å². The largest absolute Gasteiger partial charge is 0.396 e. The average molecular weight is 288 g/mol. The number of aliphatic hydroxyl groups is 1. The van der Waals surface area contributed by atoms with E-state index in [-0.39, 0.29) is 10.8 Å². The molecule has 4 rings (SSSR count). The lowest BCUT2D eigenvalue weighted by Gasteiger charge is -2.57. The van der Waals surface area contributed by atoms with Gasteiger partial charge in [-0.05, 0) is 67.1 Å². The molecule has 0 radical (unpaired) electrons. The summed E-state index contributed by atoms with van der Waals surface area (Å²) in [6.45, 7) is 2.83. The number of hydrogen-bond acceptors (Lipinski definition) is 2. The quantitative estimate of drug-likeness (QED) is 0.743. The highest BCUT2D eigenvalue weighted by Gasteiger charge is 2.57. The van der Waals surface area contributed by atoms with Gasteiger partial charge in [0, 0.05) is 19.4 Å². The van der Waals surface area contributed by atoms with Crippen molar-refractivity contribution in [2.24, 2.45) is 28.6 Å². The Hall–Kier alpha value is -0.630. The van der Waals surface area contributed by atoms with Crippen LogP contribution in [0.25, 0.3) is 0 Å². The molecule has 0 aromatic heterocycles. The van der Waals surface area contributed by atoms with E-state index in [9.17, 15) is 9.90 Å². The SMILES string of the molecule is C[C@]12CCC(=O)CC1=CC[C@H]1[C@@H]3CCC[C@@]3(CO)CC[C@@H]12. The van der Waals surface area contributed by atoms with Crippen molar-refractivity contribution >= 4 is 5.78 Å². The Labute approximate surface area is 128 Å². The highest BCUT2D eigenvalue weighted by atomic mass is 16.3. The van der Waals surface area contributed by atoms with Crippen molar-refractivity contribution < 1.29 is 9.90 Å². The maximum absolute atomic E-state index is 11.8. The minimum atomic E-state index is 0.243. The Morgan fingerprint density at radius 3 is 2.90 bits per heavy atom. The van der Waals surface area contributed by atoms with Gasteiger partial charge in [0.15, 0.2) is 0 Å². The fourth-order valence-electron chi connectivity index (χ4n) is 6.55. The summed E-state index contributed by atoms with van der Waals surface area (Å²) >= 11 is 0. The summed E-state index contributed by atoms with van der Waals surface area (Å²) in [7, 11) is 0. The molecule has 116 valence electrons. The zero-order valence-electron chi connectivity index (χ0n) is 13.2. The lowest BCUT2D eigenvalue weighted by atomic mass is 9.48. The molecular weight excluding hydrogens is 260 g/mol. The number of carbonyl (C=O) groups is 1. The van der Waals surface area contributed by atoms with Gasteiger partial charge in [-0.2, -0.15) is 0 Å². The maximum atomic E-state index is 11.8. The molecule has 0 aromatic carbocycles. The molecule has 2 heteroatoms. The molecular formula is C19H28O2. The van der Waals surface area contributed by atoms with Gasteiger partial charge in [-0.3, -0.25) is 4.79 Å². The molecule has 0 unspecified atom stereocenters. The summed E-state index contributed by atoms with van der Waals surface area (Å²) in [4.78, 5) is 11.8. The number of allylic oxidation sites excluding steroid dienone is 2. The van der Waals surface area contributed by atoms with Crippen LogP contribution in [-0.4, -0.2) is 17.5 Å². The van der Waals surface area contributed by atoms with Crippen LogP contribution in [-0.2, 0) is 4.79 Å². The fourth-order valence-corrected chi connectivity index (χ4v) is 6.55. The Bertz CT molecular complexity index is 494. The van der Waals surface area contributed by atoms with Crippen molar-refractivity contribution in [1.82, 2.24) is 0 Å². The van der Waals surface area contributed by atoms with E-state index in [4.69, 9.17) is 0 Å². The van der Waals surface area contributed by atoms with E-state index in [1.807, 2.05) is 0 Å². The first kappa shape index (κ1) is 14.0. The third kappa shape index (κ3) is 1.84. The van der Waals surface area contributed by atoms with E-state index in [1.165, 1.54) is 37.7 Å². The molecule has 0 amide bonds. The molecule has 0 heterocycles. The topological polar surface area (TPSA) is 37.3 Å². The Kier molecular flexibility index (Phi) is 3.12. The van der Waals surface area contributed by atoms with Gasteiger partial charge in [0.05, 0.1) is 0 Å². The predicted octanol–water partition coefficient (Wildman–Crippen LogP) is 3.88. The van der Waals surface area contributed by atoms with Crippen LogP contribution in [0.1, 0.15) is 64.7 Å². The number of hydrogen-bond donors (Lipinski definition) is 1. The molecule has 0 spiro atoms. The molecule has 4 aliphatic rings. The second kappa shape index (κ2) is 4.68. The third-order valence-corrected chi connectivity index (χ3v) is 7.78. The summed E-state index contributed by atoms with van der Waals surface area (Å²) in [6.07, 6.45) is 12.5. The number of rotatable bonds is 1. The zero-order valence-corrected chi connectivity index (χ0v) is 13.2. The van der Waals surface area contributed by atoms with Crippen LogP contribution in [0.4, 0.5) is 0 Å². The normalized spacial score (nSPS) is 49.1. The standard InChI is InChI=1S/C19H28O2/c1-18-9-6-14(21)11-13(18)4-5-15-16(18)7-10-19(12-20)8-2-3-17(15)19/h4,15-17,20H,2-3,5-12H2,1H3/t15-,16+,17+,18+,19+/m1/s1. The van der Waals surface area contributed by atoms with Gasteiger partial charge in [0.2, 0.25) is 0 Å². The maximum Gasteiger partial charge on any atom is 0.136 e. The van der Waals surface area contributed by atoms with Gasteiger partial charge in [-0.25, -0.2) is 0 Å². The van der Waals surface area contributed by atoms with E-state index >= 15 is 0 Å². The Morgan fingerprint density at radius 1 is 1.24 bits per heavy atom. The average Bonchev–Trinajstić information content (AvgIpc) is 2.92. The lowest BCUT2D eigenvalue weighted by molar-refractivity contribution is -0.122. The molecule has 21 heavy (non-hydrogen) atoms. The van der Waals surface area contributed by atoms with Crippen LogP contribution >= 0.6 is 0 Å². The molecule has 0 aromatic rings. The smallest absolute Gasteiger partial charge is 0.136 e. The zero-order chi connectivity index (χ0) is 14.7. The second-order valence-corrected chi connectivity index (χ2v) is 8.43. The van der Waals surface area contributed by atoms with Crippen molar-refractivity contribution in [2.45, 2.75) is 64.7 Å². The summed E-state index contributed by atoms with van der Waals surface area (Å²) in [5.74, 6) is 2.69. The van der Waals surface area contributed by atoms with Gasteiger partial charge < -0.3 is 5.11 Å². The highest BCUT2D eigenvalue weighted by molar-refractivity contribution is 5.82. The van der Waals surface area contributed by atoms with Crippen molar-refractivity contribution in [3.63, 3.8) is 0 Å². The molecule has 1 N–H and O–H groups in total. The molecule has 5 atom stereocenters. The minimum absolute atomic E-state index is 0.243. The molecule has 0 bridgehead atoms. The van der Waals surface area contributed by atoms with E-state index in [0.717, 1.165) is 43.4 Å². The van der Waals surface area contributed by atoms with E-state index < -0.39 is 0 Å². The van der Waals surface area contributed by atoms with E-state index in [1.54, 1.807) is 0 Å². The minimum Gasteiger partial charge on any atom is -0.396 e. The summed E-state index contributed by atoms with van der Waals surface area (Å²) in [5.41, 5.74) is 1.98. The van der Waals surface area contributed by atoms with Crippen molar-refractivity contribution in [1.29, 1.82) is 0 Å². The summed E-state index contributed by atoms with van der Waals surface area (Å²) in [6, 6.07) is 0. The van der Waals surface area contributed by atoms with Crippen LogP contribution in [0, 0.1) is 28.6 Å². The highest BCUT2D eigenvalue weighted by Crippen LogP contribution is 2.64. The van der Waals surface area contributed by atoms with Crippen LogP contribution in [0.15, 0.2) is 11.6 Å². The van der Waals surface area contributed by atoms with Crippen LogP contribution in [0.3, 0.4) is 0 Å². The van der Waals surface area contributed by atoms with Gasteiger partial charge in [0.1, 0.15) is 5.78 Å². The van der Waals surface area contributed by atoms with Crippen molar-refractivity contribution in [3.8, 4) is 0 Å². The van der Waals surface area contributed by atoms with Gasteiger partial charge >= 0.3 is 0 Å². The van der Waals surface area contributed by atoms with Gasteiger partial charge in [-0.1, -0.05) is 25.0 Å². The molecule has 2 nitrogen and oxygen atoms in total. The first-order chi connectivity index (χ1) is 10.1. The number of ketones is 1. The molecule has 3 saturated carbocycles. The van der Waals surface area contributed by atoms with Crippen LogP contribution < -0.4 is 0 Å². The molecule has 0 saturated heterocycles.